The normalized spacial score (nSPS) is 29.8. The van der Waals surface area contributed by atoms with E-state index in [-0.39, 0.29) is 0 Å². The maximum atomic E-state index is 10.4. The molecule has 12 heavy (non-hydrogen) atoms. The Labute approximate surface area is 74.9 Å². The first kappa shape index (κ1) is 9.56. The predicted octanol–water partition coefficient (Wildman–Crippen LogP) is 1.90. The number of nitrogens with zero attached hydrogens (tertiary/aromatic N) is 1. The van der Waals surface area contributed by atoms with Crippen molar-refractivity contribution in [3.8, 4) is 0 Å². The van der Waals surface area contributed by atoms with Crippen molar-refractivity contribution in [2.75, 3.05) is 13.6 Å². The molecule has 2 heteroatoms. The highest BCUT2D eigenvalue weighted by molar-refractivity contribution is 5.46. The van der Waals surface area contributed by atoms with Gasteiger partial charge in [0.25, 0.3) is 0 Å². The maximum absolute atomic E-state index is 10.4. The van der Waals surface area contributed by atoms with Gasteiger partial charge in [-0.15, -0.1) is 0 Å². The van der Waals surface area contributed by atoms with E-state index in [1.54, 1.807) is 4.90 Å². The van der Waals surface area contributed by atoms with E-state index in [9.17, 15) is 4.79 Å². The molecule has 2 nitrogen and oxygen atoms in total. The molecular formula is C10H19NO. The Morgan fingerprint density at radius 1 is 1.50 bits per heavy atom. The van der Waals surface area contributed by atoms with Crippen LogP contribution in [0, 0.1) is 11.8 Å². The van der Waals surface area contributed by atoms with Gasteiger partial charge in [-0.25, -0.2) is 0 Å². The number of rotatable bonds is 3. The lowest BCUT2D eigenvalue weighted by Crippen LogP contribution is -2.27. The van der Waals surface area contributed by atoms with Crippen molar-refractivity contribution in [2.45, 2.75) is 32.6 Å². The smallest absolute Gasteiger partial charge is 0.209 e. The molecule has 0 aliphatic heterocycles. The van der Waals surface area contributed by atoms with E-state index in [4.69, 9.17) is 0 Å². The molecule has 0 heterocycles. The van der Waals surface area contributed by atoms with Gasteiger partial charge >= 0.3 is 0 Å². The zero-order chi connectivity index (χ0) is 8.97. The van der Waals surface area contributed by atoms with Gasteiger partial charge in [-0.05, 0) is 24.7 Å². The van der Waals surface area contributed by atoms with Crippen LogP contribution in [0.1, 0.15) is 32.6 Å². The van der Waals surface area contributed by atoms with Crippen LogP contribution >= 0.6 is 0 Å². The third-order valence-corrected chi connectivity index (χ3v) is 2.77. The lowest BCUT2D eigenvalue weighted by Gasteiger charge is -2.28. The minimum atomic E-state index is 0.754. The molecule has 0 N–H and O–H groups in total. The summed E-state index contributed by atoms with van der Waals surface area (Å²) in [7, 11) is 1.87. The first-order chi connectivity index (χ1) is 5.72. The second-order valence-corrected chi connectivity index (χ2v) is 4.18. The van der Waals surface area contributed by atoms with Crippen LogP contribution < -0.4 is 0 Å². The number of hydrogen-bond donors (Lipinski definition) is 0. The van der Waals surface area contributed by atoms with Crippen LogP contribution in [0.5, 0.6) is 0 Å². The Bertz CT molecular complexity index is 147. The topological polar surface area (TPSA) is 20.3 Å². The third-order valence-electron chi connectivity index (χ3n) is 2.77. The van der Waals surface area contributed by atoms with Crippen LogP contribution in [0.4, 0.5) is 0 Å². The molecule has 1 fully saturated rings. The van der Waals surface area contributed by atoms with Crippen molar-refractivity contribution in [3.05, 3.63) is 0 Å². The molecule has 1 rings (SSSR count). The second-order valence-electron chi connectivity index (χ2n) is 4.18. The fourth-order valence-electron chi connectivity index (χ4n) is 2.18. The highest BCUT2D eigenvalue weighted by Gasteiger charge is 2.19. The Balaban J connectivity index is 2.26. The quantitative estimate of drug-likeness (QED) is 0.591. The molecule has 0 aromatic carbocycles. The summed E-state index contributed by atoms with van der Waals surface area (Å²) in [5.74, 6) is 1.62. The molecule has 2 atom stereocenters. The fraction of sp³-hybridized carbons (Fsp3) is 0.900. The predicted molar refractivity (Wildman–Crippen MR) is 49.8 cm³/mol. The molecule has 1 aliphatic rings. The van der Waals surface area contributed by atoms with Gasteiger partial charge in [0, 0.05) is 13.6 Å². The molecular weight excluding hydrogens is 150 g/mol. The zero-order valence-corrected chi connectivity index (χ0v) is 8.12. The molecule has 0 saturated heterocycles. The Morgan fingerprint density at radius 2 is 2.25 bits per heavy atom. The lowest BCUT2D eigenvalue weighted by atomic mass is 9.82. The highest BCUT2D eigenvalue weighted by atomic mass is 16.1. The van der Waals surface area contributed by atoms with Gasteiger partial charge in [-0.3, -0.25) is 4.79 Å². The molecule has 70 valence electrons. The van der Waals surface area contributed by atoms with Gasteiger partial charge in [0.2, 0.25) is 6.41 Å². The number of carbonyl (C=O) groups is 1. The van der Waals surface area contributed by atoms with Crippen LogP contribution in [0.25, 0.3) is 0 Å². The van der Waals surface area contributed by atoms with E-state index in [0.29, 0.717) is 0 Å². The average Bonchev–Trinajstić information content (AvgIpc) is 2.04. The minimum absolute atomic E-state index is 0.754. The molecule has 0 radical (unpaired) electrons. The van der Waals surface area contributed by atoms with Gasteiger partial charge in [0.05, 0.1) is 0 Å². The van der Waals surface area contributed by atoms with Crippen LogP contribution in [-0.2, 0) is 4.79 Å². The van der Waals surface area contributed by atoms with Crippen molar-refractivity contribution < 1.29 is 4.79 Å². The van der Waals surface area contributed by atoms with Gasteiger partial charge in [0.1, 0.15) is 0 Å². The Morgan fingerprint density at radius 3 is 2.83 bits per heavy atom. The average molecular weight is 169 g/mol. The maximum Gasteiger partial charge on any atom is 0.209 e. The first-order valence-corrected chi connectivity index (χ1v) is 4.88. The number of hydrogen-bond acceptors (Lipinski definition) is 1. The van der Waals surface area contributed by atoms with Crippen LogP contribution in [0.3, 0.4) is 0 Å². The molecule has 1 aliphatic carbocycles. The van der Waals surface area contributed by atoms with E-state index in [1.807, 2.05) is 7.05 Å². The fourth-order valence-corrected chi connectivity index (χ4v) is 2.18. The largest absolute Gasteiger partial charge is 0.348 e. The van der Waals surface area contributed by atoms with Crippen molar-refractivity contribution >= 4 is 6.41 Å². The summed E-state index contributed by atoms with van der Waals surface area (Å²) in [6.45, 7) is 3.26. The van der Waals surface area contributed by atoms with Crippen molar-refractivity contribution in [2.24, 2.45) is 11.8 Å². The Hall–Kier alpha value is -0.530. The lowest BCUT2D eigenvalue weighted by molar-refractivity contribution is -0.117. The van der Waals surface area contributed by atoms with Crippen LogP contribution in [0.15, 0.2) is 0 Å². The third kappa shape index (κ3) is 2.84. The summed E-state index contributed by atoms with van der Waals surface area (Å²) in [5, 5.41) is 0. The number of amides is 1. The van der Waals surface area contributed by atoms with Crippen LogP contribution in [-0.4, -0.2) is 24.9 Å². The van der Waals surface area contributed by atoms with E-state index in [1.165, 1.54) is 25.7 Å². The first-order valence-electron chi connectivity index (χ1n) is 4.88. The van der Waals surface area contributed by atoms with E-state index in [0.717, 1.165) is 24.8 Å². The molecule has 0 aromatic rings. The monoisotopic (exact) mass is 169 g/mol. The summed E-state index contributed by atoms with van der Waals surface area (Å²) >= 11 is 0. The molecule has 1 amide bonds. The SMILES string of the molecule is CC1CCCC(CN(C)C=O)C1. The molecule has 0 aromatic heterocycles. The van der Waals surface area contributed by atoms with Crippen molar-refractivity contribution in [1.82, 2.24) is 4.90 Å². The van der Waals surface area contributed by atoms with Gasteiger partial charge in [-0.2, -0.15) is 0 Å². The molecule has 2 unspecified atom stereocenters. The summed E-state index contributed by atoms with van der Waals surface area (Å²) in [4.78, 5) is 12.2. The summed E-state index contributed by atoms with van der Waals surface area (Å²) in [6.07, 6.45) is 6.26. The van der Waals surface area contributed by atoms with Crippen molar-refractivity contribution in [1.29, 1.82) is 0 Å². The summed E-state index contributed by atoms with van der Waals surface area (Å²) < 4.78 is 0. The zero-order valence-electron chi connectivity index (χ0n) is 8.12. The van der Waals surface area contributed by atoms with Gasteiger partial charge in [-0.1, -0.05) is 19.8 Å². The van der Waals surface area contributed by atoms with Crippen molar-refractivity contribution in [3.63, 3.8) is 0 Å². The highest BCUT2D eigenvalue weighted by Crippen LogP contribution is 2.28. The standard InChI is InChI=1S/C10H19NO/c1-9-4-3-5-10(6-9)7-11(2)8-12/h8-10H,3-7H2,1-2H3. The van der Waals surface area contributed by atoms with Gasteiger partial charge < -0.3 is 4.90 Å². The number of carbonyl (C=O) groups excluding carboxylic acids is 1. The van der Waals surface area contributed by atoms with E-state index >= 15 is 0 Å². The minimum Gasteiger partial charge on any atom is -0.348 e. The molecule has 0 bridgehead atoms. The second kappa shape index (κ2) is 4.48. The van der Waals surface area contributed by atoms with Gasteiger partial charge in [0.15, 0.2) is 0 Å². The van der Waals surface area contributed by atoms with E-state index in [2.05, 4.69) is 6.92 Å². The molecule has 0 spiro atoms. The van der Waals surface area contributed by atoms with Crippen LogP contribution in [0.2, 0.25) is 0 Å². The summed E-state index contributed by atoms with van der Waals surface area (Å²) in [6, 6.07) is 0. The molecule has 1 saturated carbocycles. The Kier molecular flexibility index (Phi) is 3.57. The van der Waals surface area contributed by atoms with E-state index < -0.39 is 0 Å². The summed E-state index contributed by atoms with van der Waals surface area (Å²) in [5.41, 5.74) is 0.